The molecule has 0 spiro atoms. The number of aryl methyl sites for hydroxylation is 1. The lowest BCUT2D eigenvalue weighted by Gasteiger charge is -2.26. The fourth-order valence-corrected chi connectivity index (χ4v) is 4.01. The van der Waals surface area contributed by atoms with Crippen LogP contribution in [0.2, 0.25) is 0 Å². The molecule has 0 N–H and O–H groups in total. The molecule has 133 valence electrons. The highest BCUT2D eigenvalue weighted by Crippen LogP contribution is 2.39. The van der Waals surface area contributed by atoms with Gasteiger partial charge in [0.25, 0.3) is 6.47 Å². The van der Waals surface area contributed by atoms with Crippen molar-refractivity contribution in [3.05, 3.63) is 29.3 Å². The molecule has 0 bridgehead atoms. The molecular weight excluding hydrogens is 296 g/mol. The molecule has 24 heavy (non-hydrogen) atoms. The zero-order chi connectivity index (χ0) is 17.0. The summed E-state index contributed by atoms with van der Waals surface area (Å²) in [6, 6.07) is 7.26. The summed E-state index contributed by atoms with van der Waals surface area (Å²) in [4.78, 5) is 10.9. The van der Waals surface area contributed by atoms with Crippen LogP contribution in [0.5, 0.6) is 5.75 Å². The number of hydrogen-bond donors (Lipinski definition) is 0. The average molecular weight is 330 g/mol. The maximum Gasteiger partial charge on any atom is 0.298 e. The van der Waals surface area contributed by atoms with Crippen molar-refractivity contribution >= 4 is 6.47 Å². The van der Waals surface area contributed by atoms with Gasteiger partial charge in [0.1, 0.15) is 5.75 Å². The number of ether oxygens (including phenoxy) is 1. The highest BCUT2D eigenvalue weighted by molar-refractivity contribution is 5.51. The Balaban J connectivity index is 1.94. The minimum atomic E-state index is 0.547. The molecule has 0 amide bonds. The van der Waals surface area contributed by atoms with E-state index in [-0.39, 0.29) is 0 Å². The van der Waals surface area contributed by atoms with Crippen LogP contribution >= 0.6 is 0 Å². The summed E-state index contributed by atoms with van der Waals surface area (Å²) in [6.45, 7) is 2.81. The van der Waals surface area contributed by atoms with Gasteiger partial charge < -0.3 is 4.74 Å². The summed E-state index contributed by atoms with van der Waals surface area (Å²) in [6.07, 6.45) is 16.8. The third-order valence-corrected chi connectivity index (χ3v) is 5.32. The third-order valence-electron chi connectivity index (χ3n) is 5.32. The van der Waals surface area contributed by atoms with E-state index in [2.05, 4.69) is 19.1 Å². The van der Waals surface area contributed by atoms with Crippen molar-refractivity contribution in [1.82, 2.24) is 0 Å². The minimum absolute atomic E-state index is 0.547. The van der Waals surface area contributed by atoms with Gasteiger partial charge in [-0.2, -0.15) is 0 Å². The van der Waals surface area contributed by atoms with E-state index in [4.69, 9.17) is 4.74 Å². The Hall–Kier alpha value is -1.31. The van der Waals surface area contributed by atoms with Crippen molar-refractivity contribution in [1.29, 1.82) is 0 Å². The van der Waals surface area contributed by atoms with Crippen LogP contribution in [0, 0.1) is 6.07 Å². The van der Waals surface area contributed by atoms with E-state index in [1.165, 1.54) is 88.2 Å². The molecule has 0 aliphatic heterocycles. The van der Waals surface area contributed by atoms with Gasteiger partial charge in [0.15, 0.2) is 0 Å². The Morgan fingerprint density at radius 1 is 1.08 bits per heavy atom. The largest absolute Gasteiger partial charge is 0.428 e. The number of benzene rings is 1. The molecule has 1 fully saturated rings. The van der Waals surface area contributed by atoms with Crippen LogP contribution in [0.15, 0.2) is 12.1 Å². The van der Waals surface area contributed by atoms with Crippen LogP contribution in [0.25, 0.3) is 0 Å². The molecule has 0 saturated heterocycles. The summed E-state index contributed by atoms with van der Waals surface area (Å²) in [5, 5.41) is 0. The molecule has 1 saturated carbocycles. The maximum atomic E-state index is 10.9. The van der Waals surface area contributed by atoms with E-state index in [0.29, 0.717) is 18.1 Å². The lowest BCUT2D eigenvalue weighted by atomic mass is 9.80. The van der Waals surface area contributed by atoms with Crippen LogP contribution in [-0.4, -0.2) is 6.47 Å². The summed E-state index contributed by atoms with van der Waals surface area (Å²) in [5.74, 6) is 1.23. The Morgan fingerprint density at radius 3 is 2.50 bits per heavy atom. The number of carbonyl (C=O) groups excluding carboxylic acids is 1. The topological polar surface area (TPSA) is 26.3 Å². The van der Waals surface area contributed by atoms with E-state index >= 15 is 0 Å². The van der Waals surface area contributed by atoms with Crippen molar-refractivity contribution < 1.29 is 9.53 Å². The first-order valence-corrected chi connectivity index (χ1v) is 10.0. The van der Waals surface area contributed by atoms with Gasteiger partial charge in [0.05, 0.1) is 0 Å². The van der Waals surface area contributed by atoms with Crippen molar-refractivity contribution in [2.45, 2.75) is 96.3 Å². The predicted octanol–water partition coefficient (Wildman–Crippen LogP) is 6.36. The average Bonchev–Trinajstić information content (AvgIpc) is 2.62. The van der Waals surface area contributed by atoms with Crippen molar-refractivity contribution in [3.8, 4) is 5.75 Å². The van der Waals surface area contributed by atoms with Crippen molar-refractivity contribution in [3.63, 3.8) is 0 Å². The lowest BCUT2D eigenvalue weighted by Crippen LogP contribution is -2.10. The van der Waals surface area contributed by atoms with Crippen molar-refractivity contribution in [2.24, 2.45) is 0 Å². The Kier molecular flexibility index (Phi) is 8.94. The highest BCUT2D eigenvalue weighted by atomic mass is 16.5. The van der Waals surface area contributed by atoms with Crippen LogP contribution in [-0.2, 0) is 11.2 Å². The predicted molar refractivity (Wildman–Crippen MR) is 99.5 cm³/mol. The summed E-state index contributed by atoms with van der Waals surface area (Å²) < 4.78 is 5.27. The number of carbonyl (C=O) groups is 1. The van der Waals surface area contributed by atoms with Gasteiger partial charge in [-0.3, -0.25) is 4.79 Å². The zero-order valence-electron chi connectivity index (χ0n) is 15.3. The Bertz CT molecular complexity index is 475. The molecule has 1 aromatic carbocycles. The minimum Gasteiger partial charge on any atom is -0.428 e. The van der Waals surface area contributed by atoms with Gasteiger partial charge in [0.2, 0.25) is 0 Å². The van der Waals surface area contributed by atoms with E-state index in [0.717, 1.165) is 6.42 Å². The second kappa shape index (κ2) is 11.3. The van der Waals surface area contributed by atoms with Gasteiger partial charge in [-0.15, -0.1) is 0 Å². The van der Waals surface area contributed by atoms with Crippen LogP contribution in [0.1, 0.15) is 101 Å². The summed E-state index contributed by atoms with van der Waals surface area (Å²) >= 11 is 0. The normalized spacial score (nSPS) is 15.4. The summed E-state index contributed by atoms with van der Waals surface area (Å²) in [7, 11) is 0. The van der Waals surface area contributed by atoms with Gasteiger partial charge >= 0.3 is 0 Å². The Labute approximate surface area is 148 Å². The fourth-order valence-electron chi connectivity index (χ4n) is 4.01. The first-order valence-electron chi connectivity index (χ1n) is 10.0. The van der Waals surface area contributed by atoms with Gasteiger partial charge in [0, 0.05) is 11.6 Å². The second-order valence-electron chi connectivity index (χ2n) is 7.17. The fraction of sp³-hybridized carbons (Fsp3) is 0.682. The number of hydrogen-bond acceptors (Lipinski definition) is 2. The van der Waals surface area contributed by atoms with Crippen molar-refractivity contribution in [2.75, 3.05) is 0 Å². The highest BCUT2D eigenvalue weighted by Gasteiger charge is 2.22. The smallest absolute Gasteiger partial charge is 0.298 e. The van der Waals surface area contributed by atoms with Crippen LogP contribution in [0.4, 0.5) is 0 Å². The molecule has 1 aliphatic rings. The van der Waals surface area contributed by atoms with Gasteiger partial charge in [-0.1, -0.05) is 76.8 Å². The van der Waals surface area contributed by atoms with E-state index < -0.39 is 0 Å². The molecule has 1 radical (unpaired) electrons. The Morgan fingerprint density at radius 2 is 1.79 bits per heavy atom. The second-order valence-corrected chi connectivity index (χ2v) is 7.17. The molecule has 0 aromatic heterocycles. The zero-order valence-corrected chi connectivity index (χ0v) is 15.3. The van der Waals surface area contributed by atoms with Gasteiger partial charge in [-0.25, -0.2) is 0 Å². The quantitative estimate of drug-likeness (QED) is 0.348. The first kappa shape index (κ1) is 19.0. The molecule has 2 rings (SSSR count). The van der Waals surface area contributed by atoms with Gasteiger partial charge in [-0.05, 0) is 37.2 Å². The molecule has 2 nitrogen and oxygen atoms in total. The molecular formula is C22H33O2. The summed E-state index contributed by atoms with van der Waals surface area (Å²) in [5.41, 5.74) is 2.65. The van der Waals surface area contributed by atoms with E-state index in [1.54, 1.807) is 0 Å². The van der Waals surface area contributed by atoms with Crippen LogP contribution < -0.4 is 4.74 Å². The SMILES string of the molecule is CCCCCCCCCc1cc[c]c(OC=O)c1C1CCCCC1. The molecule has 0 heterocycles. The number of rotatable bonds is 11. The van der Waals surface area contributed by atoms with E-state index in [9.17, 15) is 4.79 Å². The molecule has 2 heteroatoms. The van der Waals surface area contributed by atoms with Crippen LogP contribution in [0.3, 0.4) is 0 Å². The molecule has 0 atom stereocenters. The molecule has 1 aromatic rings. The van der Waals surface area contributed by atoms with E-state index in [1.807, 2.05) is 6.07 Å². The number of unbranched alkanes of at least 4 members (excludes halogenated alkanes) is 6. The maximum absolute atomic E-state index is 10.9. The molecule has 1 aliphatic carbocycles. The first-order chi connectivity index (χ1) is 11.9. The monoisotopic (exact) mass is 329 g/mol. The lowest BCUT2D eigenvalue weighted by molar-refractivity contribution is -0.120. The molecule has 0 unspecified atom stereocenters. The third kappa shape index (κ3) is 5.96. The standard InChI is InChI=1S/C22H33O2/c1-2-3-4-5-6-7-9-13-20-16-12-17-21(24-18-23)22(20)19-14-10-8-11-15-19/h12,16,18-19H,2-11,13-15H2,1H3.